The maximum Gasteiger partial charge on any atom is 0.269 e. The Morgan fingerprint density at radius 1 is 0.893 bits per heavy atom. The van der Waals surface area contributed by atoms with Gasteiger partial charge in [0.25, 0.3) is 15.7 Å². The minimum Gasteiger partial charge on any atom is -0.280 e. The molecule has 0 fully saturated rings. The zero-order chi connectivity index (χ0) is 20.3. The first kappa shape index (κ1) is 20.5. The molecule has 3 rings (SSSR count). The molecule has 0 aliphatic rings. The summed E-state index contributed by atoms with van der Waals surface area (Å²) in [6, 6.07) is 17.1. The van der Waals surface area contributed by atoms with Gasteiger partial charge in [0.1, 0.15) is 4.90 Å². The van der Waals surface area contributed by atoms with Crippen molar-refractivity contribution < 1.29 is 13.3 Å². The van der Waals surface area contributed by atoms with Crippen molar-refractivity contribution in [2.45, 2.75) is 14.7 Å². The Kier molecular flexibility index (Phi) is 6.14. The van der Waals surface area contributed by atoms with E-state index >= 15 is 0 Å². The molecule has 0 saturated heterocycles. The SMILES string of the molecule is O=[N+]([O-])c1ccc(Sc2ccc(NS(=O)(=O)c3cc(Cl)ccc3Cl)cc2)cc1. The molecule has 3 aromatic carbocycles. The number of rotatable bonds is 6. The van der Waals surface area contributed by atoms with E-state index in [9.17, 15) is 18.5 Å². The van der Waals surface area contributed by atoms with E-state index in [1.54, 1.807) is 36.4 Å². The topological polar surface area (TPSA) is 89.3 Å². The summed E-state index contributed by atoms with van der Waals surface area (Å²) >= 11 is 13.2. The van der Waals surface area contributed by atoms with Crippen LogP contribution < -0.4 is 4.72 Å². The van der Waals surface area contributed by atoms with Gasteiger partial charge in [0.15, 0.2) is 0 Å². The molecule has 0 unspecified atom stereocenters. The monoisotopic (exact) mass is 454 g/mol. The largest absolute Gasteiger partial charge is 0.280 e. The van der Waals surface area contributed by atoms with E-state index in [4.69, 9.17) is 23.2 Å². The average Bonchev–Trinajstić information content (AvgIpc) is 2.65. The normalized spacial score (nSPS) is 11.2. The second-order valence-electron chi connectivity index (χ2n) is 5.56. The van der Waals surface area contributed by atoms with Crippen LogP contribution in [0, 0.1) is 10.1 Å². The third-order valence-electron chi connectivity index (χ3n) is 3.57. The van der Waals surface area contributed by atoms with Crippen molar-refractivity contribution in [2.24, 2.45) is 0 Å². The molecule has 0 aromatic heterocycles. The second kappa shape index (κ2) is 8.40. The number of benzene rings is 3. The van der Waals surface area contributed by atoms with Crippen LogP contribution in [0.4, 0.5) is 11.4 Å². The van der Waals surface area contributed by atoms with E-state index in [-0.39, 0.29) is 20.6 Å². The van der Waals surface area contributed by atoms with Gasteiger partial charge >= 0.3 is 0 Å². The Labute approximate surface area is 175 Å². The van der Waals surface area contributed by atoms with Crippen LogP contribution in [-0.4, -0.2) is 13.3 Å². The Morgan fingerprint density at radius 2 is 1.46 bits per heavy atom. The van der Waals surface area contributed by atoms with Crippen LogP contribution in [-0.2, 0) is 10.0 Å². The second-order valence-corrected chi connectivity index (χ2v) is 9.20. The van der Waals surface area contributed by atoms with Gasteiger partial charge in [-0.25, -0.2) is 8.42 Å². The van der Waals surface area contributed by atoms with Gasteiger partial charge in [-0.1, -0.05) is 35.0 Å². The van der Waals surface area contributed by atoms with Crippen molar-refractivity contribution in [3.8, 4) is 0 Å². The molecule has 28 heavy (non-hydrogen) atoms. The standard InChI is InChI=1S/C18H12Cl2N2O4S2/c19-12-1-10-17(20)18(11-12)28(25,26)21-13-2-6-15(7-3-13)27-16-8-4-14(5-9-16)22(23)24/h1-11,21H. The highest BCUT2D eigenvalue weighted by Gasteiger charge is 2.18. The molecule has 0 atom stereocenters. The Morgan fingerprint density at radius 3 is 2.04 bits per heavy atom. The Bertz CT molecular complexity index is 1120. The van der Waals surface area contributed by atoms with Crippen LogP contribution in [0.1, 0.15) is 0 Å². The Balaban J connectivity index is 1.73. The predicted molar refractivity (Wildman–Crippen MR) is 111 cm³/mol. The van der Waals surface area contributed by atoms with Gasteiger partial charge in [-0.15, -0.1) is 0 Å². The van der Waals surface area contributed by atoms with Gasteiger partial charge in [0.05, 0.1) is 9.95 Å². The minimum atomic E-state index is -3.89. The quantitative estimate of drug-likeness (QED) is 0.372. The summed E-state index contributed by atoms with van der Waals surface area (Å²) in [5.74, 6) is 0. The molecule has 0 saturated carbocycles. The van der Waals surface area contributed by atoms with Crippen LogP contribution in [0.5, 0.6) is 0 Å². The molecule has 144 valence electrons. The highest BCUT2D eigenvalue weighted by atomic mass is 35.5. The van der Waals surface area contributed by atoms with Gasteiger partial charge in [-0.05, 0) is 54.6 Å². The molecule has 0 aliphatic carbocycles. The van der Waals surface area contributed by atoms with Gasteiger partial charge in [-0.3, -0.25) is 14.8 Å². The molecule has 3 aromatic rings. The molecule has 0 radical (unpaired) electrons. The molecule has 0 bridgehead atoms. The number of halogens is 2. The zero-order valence-electron chi connectivity index (χ0n) is 14.0. The van der Waals surface area contributed by atoms with E-state index < -0.39 is 14.9 Å². The number of nitrogens with one attached hydrogen (secondary N) is 1. The van der Waals surface area contributed by atoms with Crippen LogP contribution in [0.2, 0.25) is 10.0 Å². The zero-order valence-corrected chi connectivity index (χ0v) is 17.1. The lowest BCUT2D eigenvalue weighted by Crippen LogP contribution is -2.13. The van der Waals surface area contributed by atoms with E-state index in [2.05, 4.69) is 4.72 Å². The molecular weight excluding hydrogens is 443 g/mol. The summed E-state index contributed by atoms with van der Waals surface area (Å²) in [5, 5.41) is 11.0. The van der Waals surface area contributed by atoms with Gasteiger partial charge in [0.2, 0.25) is 0 Å². The van der Waals surface area contributed by atoms with Crippen LogP contribution in [0.3, 0.4) is 0 Å². The number of sulfonamides is 1. The van der Waals surface area contributed by atoms with Crippen molar-refractivity contribution >= 4 is 56.4 Å². The fourth-order valence-corrected chi connectivity index (χ4v) is 4.90. The fraction of sp³-hybridized carbons (Fsp3) is 0. The van der Waals surface area contributed by atoms with Crippen molar-refractivity contribution in [2.75, 3.05) is 4.72 Å². The number of hydrogen-bond donors (Lipinski definition) is 1. The summed E-state index contributed by atoms with van der Waals surface area (Å²) < 4.78 is 27.5. The summed E-state index contributed by atoms with van der Waals surface area (Å²) in [6.45, 7) is 0. The van der Waals surface area contributed by atoms with Crippen LogP contribution in [0.25, 0.3) is 0 Å². The molecule has 0 aliphatic heterocycles. The summed E-state index contributed by atoms with van der Waals surface area (Å²) in [7, 11) is -3.89. The smallest absolute Gasteiger partial charge is 0.269 e. The van der Waals surface area contributed by atoms with Crippen molar-refractivity contribution in [1.29, 1.82) is 0 Å². The summed E-state index contributed by atoms with van der Waals surface area (Å²) in [4.78, 5) is 11.8. The molecular formula is C18H12Cl2N2O4S2. The minimum absolute atomic E-state index is 0.0220. The van der Waals surface area contributed by atoms with E-state index in [0.717, 1.165) is 9.79 Å². The Hall–Kier alpha value is -2.26. The molecule has 6 nitrogen and oxygen atoms in total. The van der Waals surface area contributed by atoms with Gasteiger partial charge in [-0.2, -0.15) is 0 Å². The van der Waals surface area contributed by atoms with E-state index in [1.165, 1.54) is 42.1 Å². The van der Waals surface area contributed by atoms with Crippen LogP contribution in [0.15, 0.2) is 81.4 Å². The summed E-state index contributed by atoms with van der Waals surface area (Å²) in [5.41, 5.74) is 0.387. The summed E-state index contributed by atoms with van der Waals surface area (Å²) in [6.07, 6.45) is 0. The van der Waals surface area contributed by atoms with E-state index in [1.807, 2.05) is 0 Å². The molecule has 0 spiro atoms. The van der Waals surface area contributed by atoms with Crippen LogP contribution >= 0.6 is 35.0 Å². The fourth-order valence-electron chi connectivity index (χ4n) is 2.26. The maximum atomic E-state index is 12.5. The third-order valence-corrected chi connectivity index (χ3v) is 6.69. The number of non-ortho nitro benzene ring substituents is 1. The molecule has 1 N–H and O–H groups in total. The lowest BCUT2D eigenvalue weighted by atomic mass is 10.3. The van der Waals surface area contributed by atoms with Crippen molar-refractivity contribution in [1.82, 2.24) is 0 Å². The van der Waals surface area contributed by atoms with Gasteiger partial charge < -0.3 is 0 Å². The number of anilines is 1. The predicted octanol–water partition coefficient (Wildman–Crippen LogP) is 5.85. The van der Waals surface area contributed by atoms with E-state index in [0.29, 0.717) is 5.69 Å². The average molecular weight is 455 g/mol. The number of nitro benzene ring substituents is 1. The molecule has 0 heterocycles. The molecule has 10 heteroatoms. The lowest BCUT2D eigenvalue weighted by Gasteiger charge is -2.10. The number of nitrogens with zero attached hydrogens (tertiary/aromatic N) is 1. The third kappa shape index (κ3) is 4.96. The maximum absolute atomic E-state index is 12.5. The van der Waals surface area contributed by atoms with Crippen molar-refractivity contribution in [3.05, 3.63) is 86.9 Å². The highest BCUT2D eigenvalue weighted by Crippen LogP contribution is 2.31. The highest BCUT2D eigenvalue weighted by molar-refractivity contribution is 7.99. The lowest BCUT2D eigenvalue weighted by molar-refractivity contribution is -0.384. The first-order valence-corrected chi connectivity index (χ1v) is 10.8. The van der Waals surface area contributed by atoms with Crippen molar-refractivity contribution in [3.63, 3.8) is 0 Å². The number of hydrogen-bond acceptors (Lipinski definition) is 5. The first-order chi connectivity index (χ1) is 13.2. The number of nitro groups is 1. The molecule has 0 amide bonds. The first-order valence-electron chi connectivity index (χ1n) is 7.75. The van der Waals surface area contributed by atoms with Gasteiger partial charge in [0, 0.05) is 32.6 Å².